The fourth-order valence-corrected chi connectivity index (χ4v) is 2.81. The van der Waals surface area contributed by atoms with Crippen molar-refractivity contribution in [3.63, 3.8) is 0 Å². The van der Waals surface area contributed by atoms with Gasteiger partial charge in [-0.2, -0.15) is 0 Å². The maximum Gasteiger partial charge on any atom is 0.262 e. The Morgan fingerprint density at radius 2 is 1.55 bits per heavy atom. The summed E-state index contributed by atoms with van der Waals surface area (Å²) in [4.78, 5) is 24.3. The summed E-state index contributed by atoms with van der Waals surface area (Å²) in [5.41, 5.74) is 3.97. The van der Waals surface area contributed by atoms with E-state index in [4.69, 9.17) is 16.3 Å². The van der Waals surface area contributed by atoms with Gasteiger partial charge in [-0.05, 0) is 79.6 Å². The average molecular weight is 409 g/mol. The fourth-order valence-electron chi connectivity index (χ4n) is 2.62. The molecule has 5 nitrogen and oxygen atoms in total. The molecule has 3 rings (SSSR count). The number of benzene rings is 3. The lowest BCUT2D eigenvalue weighted by molar-refractivity contribution is -0.118. The predicted octanol–water partition coefficient (Wildman–Crippen LogP) is 5.23. The second-order valence-corrected chi connectivity index (χ2v) is 7.06. The van der Waals surface area contributed by atoms with Gasteiger partial charge in [0.1, 0.15) is 5.75 Å². The van der Waals surface area contributed by atoms with Gasteiger partial charge in [-0.25, -0.2) is 0 Å². The lowest BCUT2D eigenvalue weighted by Crippen LogP contribution is -2.20. The van der Waals surface area contributed by atoms with E-state index in [0.717, 1.165) is 5.56 Å². The van der Waals surface area contributed by atoms with Gasteiger partial charge in [0.05, 0.1) is 0 Å². The maximum absolute atomic E-state index is 12.2. The van der Waals surface area contributed by atoms with Gasteiger partial charge in [-0.3, -0.25) is 9.59 Å². The third-order valence-electron chi connectivity index (χ3n) is 4.36. The van der Waals surface area contributed by atoms with Gasteiger partial charge in [0.2, 0.25) is 0 Å². The van der Waals surface area contributed by atoms with Gasteiger partial charge in [-0.15, -0.1) is 0 Å². The second kappa shape index (κ2) is 9.26. The molecule has 6 heteroatoms. The van der Waals surface area contributed by atoms with Crippen molar-refractivity contribution in [2.24, 2.45) is 0 Å². The summed E-state index contributed by atoms with van der Waals surface area (Å²) < 4.78 is 5.53. The van der Waals surface area contributed by atoms with E-state index < -0.39 is 0 Å². The number of nitrogens with one attached hydrogen (secondary N) is 2. The first-order valence-corrected chi connectivity index (χ1v) is 9.45. The highest BCUT2D eigenvalue weighted by molar-refractivity contribution is 6.31. The van der Waals surface area contributed by atoms with Gasteiger partial charge in [-0.1, -0.05) is 23.7 Å². The Morgan fingerprint density at radius 3 is 2.21 bits per heavy atom. The first-order chi connectivity index (χ1) is 13.9. The van der Waals surface area contributed by atoms with Crippen molar-refractivity contribution in [2.45, 2.75) is 13.8 Å². The Balaban J connectivity index is 1.52. The molecule has 3 aromatic rings. The number of rotatable bonds is 6. The largest absolute Gasteiger partial charge is 0.484 e. The van der Waals surface area contributed by atoms with Crippen LogP contribution in [0.5, 0.6) is 5.75 Å². The molecule has 0 atom stereocenters. The Hall–Kier alpha value is -3.31. The van der Waals surface area contributed by atoms with Crippen molar-refractivity contribution in [3.05, 3.63) is 88.4 Å². The molecule has 0 aliphatic carbocycles. The molecule has 0 bridgehead atoms. The van der Waals surface area contributed by atoms with Crippen LogP contribution < -0.4 is 15.4 Å². The van der Waals surface area contributed by atoms with E-state index in [1.807, 2.05) is 32.0 Å². The SMILES string of the molecule is Cc1ccc(OCC(=O)Nc2ccc(NC(=O)c3cccc(Cl)c3)cc2)cc1C. The van der Waals surface area contributed by atoms with Crippen LogP contribution in [0.2, 0.25) is 5.02 Å². The lowest BCUT2D eigenvalue weighted by atomic mass is 10.1. The molecule has 0 aromatic heterocycles. The minimum atomic E-state index is -0.265. The molecule has 148 valence electrons. The summed E-state index contributed by atoms with van der Waals surface area (Å²) in [6, 6.07) is 19.3. The van der Waals surface area contributed by atoms with Crippen molar-refractivity contribution in [1.82, 2.24) is 0 Å². The van der Waals surface area contributed by atoms with Gasteiger partial charge in [0.15, 0.2) is 6.61 Å². The zero-order valence-corrected chi connectivity index (χ0v) is 16.9. The molecule has 0 saturated heterocycles. The molecular formula is C23H21ClN2O3. The molecule has 2 amide bonds. The summed E-state index contributed by atoms with van der Waals surface area (Å²) in [6.45, 7) is 3.93. The quantitative estimate of drug-likeness (QED) is 0.587. The zero-order chi connectivity index (χ0) is 20.8. The molecule has 3 aromatic carbocycles. The number of amides is 2. The predicted molar refractivity (Wildman–Crippen MR) is 116 cm³/mol. The highest BCUT2D eigenvalue weighted by Gasteiger charge is 2.08. The molecule has 0 spiro atoms. The number of hydrogen-bond acceptors (Lipinski definition) is 3. The molecule has 0 saturated carbocycles. The summed E-state index contributed by atoms with van der Waals surface area (Å²) in [7, 11) is 0. The molecular weight excluding hydrogens is 388 g/mol. The third kappa shape index (κ3) is 5.83. The second-order valence-electron chi connectivity index (χ2n) is 6.62. The smallest absolute Gasteiger partial charge is 0.262 e. The van der Waals surface area contributed by atoms with Crippen LogP contribution in [-0.4, -0.2) is 18.4 Å². The highest BCUT2D eigenvalue weighted by atomic mass is 35.5. The Labute approximate surface area is 174 Å². The minimum absolute atomic E-state index is 0.0875. The van der Waals surface area contributed by atoms with E-state index in [0.29, 0.717) is 27.7 Å². The number of halogens is 1. The van der Waals surface area contributed by atoms with Crippen LogP contribution in [0.15, 0.2) is 66.7 Å². The molecule has 2 N–H and O–H groups in total. The number of hydrogen-bond donors (Lipinski definition) is 2. The van der Waals surface area contributed by atoms with E-state index in [9.17, 15) is 9.59 Å². The fraction of sp³-hybridized carbons (Fsp3) is 0.130. The number of ether oxygens (including phenoxy) is 1. The van der Waals surface area contributed by atoms with Crippen LogP contribution in [0.3, 0.4) is 0 Å². The monoisotopic (exact) mass is 408 g/mol. The van der Waals surface area contributed by atoms with E-state index in [-0.39, 0.29) is 18.4 Å². The number of carbonyl (C=O) groups excluding carboxylic acids is 2. The van der Waals surface area contributed by atoms with Crippen LogP contribution in [0, 0.1) is 13.8 Å². The van der Waals surface area contributed by atoms with Crippen LogP contribution in [0.4, 0.5) is 11.4 Å². The van der Waals surface area contributed by atoms with Crippen molar-refractivity contribution in [2.75, 3.05) is 17.2 Å². The lowest BCUT2D eigenvalue weighted by Gasteiger charge is -2.10. The van der Waals surface area contributed by atoms with Crippen molar-refractivity contribution >= 4 is 34.8 Å². The highest BCUT2D eigenvalue weighted by Crippen LogP contribution is 2.18. The van der Waals surface area contributed by atoms with Gasteiger partial charge >= 0.3 is 0 Å². The van der Waals surface area contributed by atoms with Crippen molar-refractivity contribution in [1.29, 1.82) is 0 Å². The van der Waals surface area contributed by atoms with E-state index >= 15 is 0 Å². The van der Waals surface area contributed by atoms with Gasteiger partial charge in [0.25, 0.3) is 11.8 Å². The molecule has 29 heavy (non-hydrogen) atoms. The first kappa shape index (κ1) is 20.4. The van der Waals surface area contributed by atoms with E-state index in [1.54, 1.807) is 48.5 Å². The molecule has 0 aliphatic heterocycles. The van der Waals surface area contributed by atoms with Crippen LogP contribution >= 0.6 is 11.6 Å². The summed E-state index contributed by atoms with van der Waals surface area (Å²) in [6.07, 6.45) is 0. The Kier molecular flexibility index (Phi) is 6.52. The summed E-state index contributed by atoms with van der Waals surface area (Å²) >= 11 is 5.91. The van der Waals surface area contributed by atoms with Gasteiger partial charge in [0, 0.05) is 22.0 Å². The summed E-state index contributed by atoms with van der Waals surface area (Å²) in [5.74, 6) is 0.132. The first-order valence-electron chi connectivity index (χ1n) is 9.07. The van der Waals surface area contributed by atoms with E-state index in [1.165, 1.54) is 5.56 Å². The maximum atomic E-state index is 12.2. The molecule has 0 heterocycles. The van der Waals surface area contributed by atoms with Crippen LogP contribution in [0.1, 0.15) is 21.5 Å². The average Bonchev–Trinajstić information content (AvgIpc) is 2.70. The third-order valence-corrected chi connectivity index (χ3v) is 4.60. The van der Waals surface area contributed by atoms with Crippen LogP contribution in [0.25, 0.3) is 0 Å². The number of anilines is 2. The Morgan fingerprint density at radius 1 is 0.862 bits per heavy atom. The van der Waals surface area contributed by atoms with Crippen molar-refractivity contribution < 1.29 is 14.3 Å². The number of aryl methyl sites for hydroxylation is 2. The topological polar surface area (TPSA) is 67.4 Å². The van der Waals surface area contributed by atoms with E-state index in [2.05, 4.69) is 10.6 Å². The van der Waals surface area contributed by atoms with Crippen LogP contribution in [-0.2, 0) is 4.79 Å². The number of carbonyl (C=O) groups is 2. The molecule has 0 unspecified atom stereocenters. The zero-order valence-electron chi connectivity index (χ0n) is 16.2. The Bertz CT molecular complexity index is 1030. The molecule has 0 aliphatic rings. The normalized spacial score (nSPS) is 10.3. The van der Waals surface area contributed by atoms with Gasteiger partial charge < -0.3 is 15.4 Å². The summed E-state index contributed by atoms with van der Waals surface area (Å²) in [5, 5.41) is 6.05. The minimum Gasteiger partial charge on any atom is -0.484 e. The standard InChI is InChI=1S/C23H21ClN2O3/c1-15-6-11-21(12-16(15)2)29-14-22(27)25-19-7-9-20(10-8-19)26-23(28)17-4-3-5-18(24)13-17/h3-13H,14H2,1-2H3,(H,25,27)(H,26,28). The van der Waals surface area contributed by atoms with Crippen molar-refractivity contribution in [3.8, 4) is 5.75 Å². The molecule has 0 radical (unpaired) electrons. The molecule has 0 fully saturated rings.